The van der Waals surface area contributed by atoms with Gasteiger partial charge in [0.05, 0.1) is 12.2 Å². The van der Waals surface area contributed by atoms with Gasteiger partial charge in [0, 0.05) is 30.9 Å². The Morgan fingerprint density at radius 2 is 2.20 bits per heavy atom. The van der Waals surface area contributed by atoms with Crippen LogP contribution in [-0.2, 0) is 13.0 Å². The highest BCUT2D eigenvalue weighted by molar-refractivity contribution is 7.15. The maximum Gasteiger partial charge on any atom is 0.317 e. The molecule has 0 radical (unpaired) electrons. The number of imidazole rings is 1. The first kappa shape index (κ1) is 16.1. The third-order valence-electron chi connectivity index (χ3n) is 4.57. The minimum absolute atomic E-state index is 0.0436. The van der Waals surface area contributed by atoms with Gasteiger partial charge >= 0.3 is 6.03 Å². The maximum absolute atomic E-state index is 13.0. The Labute approximate surface area is 149 Å². The van der Waals surface area contributed by atoms with E-state index < -0.39 is 0 Å². The third kappa shape index (κ3) is 3.66. The summed E-state index contributed by atoms with van der Waals surface area (Å²) in [6.45, 7) is 1.93. The SMILES string of the molecule is O=C(NCc1cn2ccsc2n1)N1CC[C@@H](Cc2ccc(F)cc2)C1. The number of carbonyl (C=O) groups is 1. The van der Waals surface area contributed by atoms with Crippen LogP contribution in [0.4, 0.5) is 9.18 Å². The molecule has 0 aliphatic carbocycles. The van der Waals surface area contributed by atoms with Crippen molar-refractivity contribution in [2.45, 2.75) is 19.4 Å². The predicted octanol–water partition coefficient (Wildman–Crippen LogP) is 3.31. The van der Waals surface area contributed by atoms with Crippen LogP contribution in [0.15, 0.2) is 42.0 Å². The number of fused-ring (bicyclic) bond motifs is 1. The third-order valence-corrected chi connectivity index (χ3v) is 5.35. The zero-order valence-electron chi connectivity index (χ0n) is 13.7. The number of nitrogens with zero attached hydrogens (tertiary/aromatic N) is 3. The predicted molar refractivity (Wildman–Crippen MR) is 95.1 cm³/mol. The van der Waals surface area contributed by atoms with Crippen LogP contribution in [0.25, 0.3) is 4.96 Å². The van der Waals surface area contributed by atoms with Crippen LogP contribution in [0.1, 0.15) is 17.7 Å². The summed E-state index contributed by atoms with van der Waals surface area (Å²) in [6, 6.07) is 6.58. The van der Waals surface area contributed by atoms with Crippen LogP contribution < -0.4 is 5.32 Å². The van der Waals surface area contributed by atoms with Crippen molar-refractivity contribution < 1.29 is 9.18 Å². The monoisotopic (exact) mass is 358 g/mol. The van der Waals surface area contributed by atoms with Crippen molar-refractivity contribution in [3.8, 4) is 0 Å². The standard InChI is InChI=1S/C18H19FN4OS/c19-15-3-1-13(2-4-15)9-14-5-6-22(11-14)17(24)20-10-16-12-23-7-8-25-18(23)21-16/h1-4,7-8,12,14H,5-6,9-11H2,(H,20,24)/t14-/m0/s1. The van der Waals surface area contributed by atoms with Gasteiger partial charge in [0.1, 0.15) is 5.82 Å². The minimum atomic E-state index is -0.213. The van der Waals surface area contributed by atoms with E-state index in [1.807, 2.05) is 39.2 Å². The van der Waals surface area contributed by atoms with E-state index in [-0.39, 0.29) is 11.8 Å². The number of rotatable bonds is 4. The molecule has 25 heavy (non-hydrogen) atoms. The van der Waals surface area contributed by atoms with Crippen molar-refractivity contribution in [1.29, 1.82) is 0 Å². The fourth-order valence-corrected chi connectivity index (χ4v) is 4.00. The summed E-state index contributed by atoms with van der Waals surface area (Å²) < 4.78 is 14.9. The Morgan fingerprint density at radius 1 is 1.36 bits per heavy atom. The molecule has 130 valence electrons. The lowest BCUT2D eigenvalue weighted by Gasteiger charge is -2.17. The van der Waals surface area contributed by atoms with Crippen LogP contribution in [-0.4, -0.2) is 33.4 Å². The molecule has 5 nitrogen and oxygen atoms in total. The Bertz CT molecular complexity index is 844. The van der Waals surface area contributed by atoms with E-state index in [0.717, 1.165) is 42.1 Å². The van der Waals surface area contributed by atoms with Crippen molar-refractivity contribution in [2.75, 3.05) is 13.1 Å². The number of aromatic nitrogens is 2. The summed E-state index contributed by atoms with van der Waals surface area (Å²) in [7, 11) is 0. The highest BCUT2D eigenvalue weighted by Crippen LogP contribution is 2.21. The van der Waals surface area contributed by atoms with Gasteiger partial charge < -0.3 is 10.2 Å². The molecule has 1 aliphatic rings. The molecule has 0 saturated carbocycles. The number of nitrogens with one attached hydrogen (secondary N) is 1. The molecule has 3 aromatic rings. The first-order valence-electron chi connectivity index (χ1n) is 8.35. The molecular formula is C18H19FN4OS. The molecule has 1 aliphatic heterocycles. The van der Waals surface area contributed by atoms with Crippen LogP contribution >= 0.6 is 11.3 Å². The van der Waals surface area contributed by atoms with Crippen LogP contribution in [0.3, 0.4) is 0 Å². The summed E-state index contributed by atoms with van der Waals surface area (Å²) in [4.78, 5) is 19.6. The molecule has 4 rings (SSSR count). The van der Waals surface area contributed by atoms with Crippen molar-refractivity contribution in [2.24, 2.45) is 5.92 Å². The number of hydrogen-bond donors (Lipinski definition) is 1. The molecule has 1 atom stereocenters. The molecular weight excluding hydrogens is 339 g/mol. The van der Waals surface area contributed by atoms with Gasteiger partial charge in [-0.2, -0.15) is 0 Å². The highest BCUT2D eigenvalue weighted by atomic mass is 32.1. The first-order valence-corrected chi connectivity index (χ1v) is 9.23. The van der Waals surface area contributed by atoms with Crippen molar-refractivity contribution in [3.63, 3.8) is 0 Å². The number of likely N-dealkylation sites (tertiary alicyclic amines) is 1. The Morgan fingerprint density at radius 3 is 3.00 bits per heavy atom. The molecule has 1 aromatic carbocycles. The Kier molecular flexibility index (Phi) is 4.40. The van der Waals surface area contributed by atoms with Gasteiger partial charge in [-0.25, -0.2) is 14.2 Å². The van der Waals surface area contributed by atoms with Crippen molar-refractivity contribution in [1.82, 2.24) is 19.6 Å². The van der Waals surface area contributed by atoms with E-state index in [4.69, 9.17) is 0 Å². The average Bonchev–Trinajstić information content (AvgIpc) is 3.30. The second-order valence-corrected chi connectivity index (χ2v) is 7.29. The van der Waals surface area contributed by atoms with Crippen molar-refractivity contribution >= 4 is 22.3 Å². The molecule has 1 N–H and O–H groups in total. The van der Waals surface area contributed by atoms with Gasteiger partial charge in [-0.15, -0.1) is 11.3 Å². The van der Waals surface area contributed by atoms with E-state index in [1.165, 1.54) is 12.1 Å². The zero-order valence-corrected chi connectivity index (χ0v) is 14.5. The molecule has 2 amide bonds. The molecule has 0 unspecified atom stereocenters. The number of hydrogen-bond acceptors (Lipinski definition) is 3. The maximum atomic E-state index is 13.0. The van der Waals surface area contributed by atoms with E-state index >= 15 is 0 Å². The number of benzene rings is 1. The zero-order chi connectivity index (χ0) is 17.2. The van der Waals surface area contributed by atoms with Crippen molar-refractivity contribution in [3.05, 3.63) is 59.1 Å². The van der Waals surface area contributed by atoms with E-state index in [2.05, 4.69) is 10.3 Å². The normalized spacial score (nSPS) is 17.3. The Hall–Kier alpha value is -2.41. The summed E-state index contributed by atoms with van der Waals surface area (Å²) in [5.74, 6) is 0.212. The molecule has 0 bridgehead atoms. The van der Waals surface area contributed by atoms with Gasteiger partial charge in [0.15, 0.2) is 4.96 Å². The molecule has 1 fully saturated rings. The quantitative estimate of drug-likeness (QED) is 0.778. The lowest BCUT2D eigenvalue weighted by Crippen LogP contribution is -2.38. The molecule has 0 spiro atoms. The summed E-state index contributed by atoms with van der Waals surface area (Å²) in [5.41, 5.74) is 1.98. The number of amides is 2. The smallest absolute Gasteiger partial charge is 0.317 e. The van der Waals surface area contributed by atoms with E-state index in [0.29, 0.717) is 12.5 Å². The van der Waals surface area contributed by atoms with E-state index in [9.17, 15) is 9.18 Å². The van der Waals surface area contributed by atoms with Gasteiger partial charge in [-0.05, 0) is 36.5 Å². The van der Waals surface area contributed by atoms with Gasteiger partial charge in [0.25, 0.3) is 0 Å². The molecule has 2 aromatic heterocycles. The fourth-order valence-electron chi connectivity index (χ4n) is 3.28. The number of urea groups is 1. The van der Waals surface area contributed by atoms with Gasteiger partial charge in [-0.3, -0.25) is 4.40 Å². The summed E-state index contributed by atoms with van der Waals surface area (Å²) in [6.07, 6.45) is 5.75. The van der Waals surface area contributed by atoms with Crippen LogP contribution in [0, 0.1) is 11.7 Å². The van der Waals surface area contributed by atoms with Crippen LogP contribution in [0.5, 0.6) is 0 Å². The second kappa shape index (κ2) is 6.84. The fraction of sp³-hybridized carbons (Fsp3) is 0.333. The summed E-state index contributed by atoms with van der Waals surface area (Å²) in [5, 5.41) is 4.93. The molecule has 3 heterocycles. The topological polar surface area (TPSA) is 49.6 Å². The first-order chi connectivity index (χ1) is 12.2. The Balaban J connectivity index is 1.28. The second-order valence-electron chi connectivity index (χ2n) is 6.42. The van der Waals surface area contributed by atoms with E-state index in [1.54, 1.807) is 11.3 Å². The number of carbonyl (C=O) groups excluding carboxylic acids is 1. The lowest BCUT2D eigenvalue weighted by molar-refractivity contribution is 0.206. The summed E-state index contributed by atoms with van der Waals surface area (Å²) >= 11 is 1.58. The van der Waals surface area contributed by atoms with Gasteiger partial charge in [-0.1, -0.05) is 12.1 Å². The largest absolute Gasteiger partial charge is 0.332 e. The highest BCUT2D eigenvalue weighted by Gasteiger charge is 2.26. The number of halogens is 1. The number of thiazole rings is 1. The lowest BCUT2D eigenvalue weighted by atomic mass is 9.99. The van der Waals surface area contributed by atoms with Crippen LogP contribution in [0.2, 0.25) is 0 Å². The molecule has 7 heteroatoms. The van der Waals surface area contributed by atoms with Gasteiger partial charge in [0.2, 0.25) is 0 Å². The minimum Gasteiger partial charge on any atom is -0.332 e. The molecule has 1 saturated heterocycles. The average molecular weight is 358 g/mol.